The zero-order valence-corrected chi connectivity index (χ0v) is 32.9. The molecule has 1 aliphatic carbocycles. The number of hydrogen-bond acceptors (Lipinski definition) is 0. The van der Waals surface area contributed by atoms with Crippen LogP contribution in [0.5, 0.6) is 0 Å². The maximum atomic E-state index is 2.49. The second kappa shape index (κ2) is 11.8. The highest BCUT2D eigenvalue weighted by Gasteiger charge is 2.35. The molecule has 0 amide bonds. The lowest BCUT2D eigenvalue weighted by atomic mass is 9.82. The number of hydrogen-bond donors (Lipinski definition) is 0. The summed E-state index contributed by atoms with van der Waals surface area (Å²) in [6.07, 6.45) is 0. The van der Waals surface area contributed by atoms with E-state index in [0.29, 0.717) is 0 Å². The molecule has 3 heterocycles. The Kier molecular flexibility index (Phi) is 6.54. The summed E-state index contributed by atoms with van der Waals surface area (Å²) in [6.45, 7) is 4.72. The molecule has 11 aromatic rings. The molecule has 2 nitrogen and oxygen atoms in total. The average Bonchev–Trinajstić information content (AvgIpc) is 3.85. The summed E-state index contributed by atoms with van der Waals surface area (Å²) in [6, 6.07) is 72.4. The molecule has 9 aromatic carbocycles. The van der Waals surface area contributed by atoms with Crippen molar-refractivity contribution < 1.29 is 0 Å². The maximum absolute atomic E-state index is 2.49. The third-order valence-electron chi connectivity index (χ3n) is 13.5. The highest BCUT2D eigenvalue weighted by atomic mass is 15.0. The van der Waals surface area contributed by atoms with E-state index >= 15 is 0 Å². The molecule has 0 atom stereocenters. The first-order valence-electron chi connectivity index (χ1n) is 20.7. The molecular weight excluding hydrogens is 713 g/mol. The van der Waals surface area contributed by atoms with Crippen molar-refractivity contribution in [2.24, 2.45) is 0 Å². The minimum absolute atomic E-state index is 0.0582. The molecule has 0 radical (unpaired) electrons. The van der Waals surface area contributed by atoms with E-state index < -0.39 is 0 Å². The monoisotopic (exact) mass is 750 g/mol. The fraction of sp³-hybridized carbons (Fsp3) is 0.0526. The Morgan fingerprint density at radius 1 is 0.322 bits per heavy atom. The lowest BCUT2D eigenvalue weighted by Gasteiger charge is -2.22. The first kappa shape index (κ1) is 32.6. The molecule has 59 heavy (non-hydrogen) atoms. The van der Waals surface area contributed by atoms with E-state index in [9.17, 15) is 0 Å². The fourth-order valence-corrected chi connectivity index (χ4v) is 10.7. The molecule has 276 valence electrons. The molecule has 0 unspecified atom stereocenters. The van der Waals surface area contributed by atoms with Gasteiger partial charge in [0.05, 0.1) is 27.8 Å². The van der Waals surface area contributed by atoms with Crippen LogP contribution in [0.4, 0.5) is 0 Å². The standard InChI is InChI=1S/C57H38N2/c1-57(2)50-19-9-5-15-42(50)43-29-28-39(34-51(43)57)58-52-20-10-7-17-45(52)47-31-37(27-30-55(47)58)35-23-25-36(26-24-35)38-32-48-41-14-4-3-13-40(41)44-16-6-11-21-53(44)59-54-22-12-8-18-46(54)49(33-38)56(48)59/h3-34H,1-2H3. The van der Waals surface area contributed by atoms with Gasteiger partial charge in [-0.3, -0.25) is 0 Å². The zero-order chi connectivity index (χ0) is 39.0. The highest BCUT2D eigenvalue weighted by molar-refractivity contribution is 6.18. The third kappa shape index (κ3) is 4.46. The van der Waals surface area contributed by atoms with E-state index in [0.717, 1.165) is 0 Å². The minimum atomic E-state index is -0.0582. The lowest BCUT2D eigenvalue weighted by molar-refractivity contribution is 0.660. The largest absolute Gasteiger partial charge is 0.309 e. The van der Waals surface area contributed by atoms with Crippen molar-refractivity contribution >= 4 is 43.6 Å². The zero-order valence-electron chi connectivity index (χ0n) is 32.9. The number of nitrogens with zero attached hydrogens (tertiary/aromatic N) is 2. The molecule has 2 heteroatoms. The quantitative estimate of drug-likeness (QED) is 0.170. The number of aromatic nitrogens is 2. The van der Waals surface area contributed by atoms with Gasteiger partial charge in [-0.15, -0.1) is 0 Å². The van der Waals surface area contributed by atoms with Crippen LogP contribution >= 0.6 is 0 Å². The SMILES string of the molecule is CC1(C)c2ccccc2-c2ccc(-n3c4ccccc4c4cc(-c5ccc(-c6cc7c8c(c6)c6ccccc6n8-c6ccccc6-c6ccccc6-7)cc5)ccc43)cc21. The highest BCUT2D eigenvalue weighted by Crippen LogP contribution is 2.51. The first-order chi connectivity index (χ1) is 29.0. The van der Waals surface area contributed by atoms with Gasteiger partial charge in [0.2, 0.25) is 0 Å². The van der Waals surface area contributed by atoms with Crippen LogP contribution in [0.3, 0.4) is 0 Å². The van der Waals surface area contributed by atoms with E-state index in [1.807, 2.05) is 0 Å². The molecule has 0 N–H and O–H groups in total. The molecule has 0 spiro atoms. The normalized spacial score (nSPS) is 13.4. The minimum Gasteiger partial charge on any atom is -0.309 e. The lowest BCUT2D eigenvalue weighted by Crippen LogP contribution is -2.15. The van der Waals surface area contributed by atoms with Crippen molar-refractivity contribution in [1.82, 2.24) is 9.13 Å². The Morgan fingerprint density at radius 2 is 0.864 bits per heavy atom. The molecule has 13 rings (SSSR count). The Balaban J connectivity index is 0.933. The van der Waals surface area contributed by atoms with Crippen molar-refractivity contribution in [2.75, 3.05) is 0 Å². The van der Waals surface area contributed by atoms with Crippen LogP contribution in [0.2, 0.25) is 0 Å². The summed E-state index contributed by atoms with van der Waals surface area (Å²) >= 11 is 0. The van der Waals surface area contributed by atoms with Crippen LogP contribution in [-0.2, 0) is 5.41 Å². The van der Waals surface area contributed by atoms with Gasteiger partial charge in [0, 0.05) is 43.8 Å². The molecule has 0 bridgehead atoms. The van der Waals surface area contributed by atoms with Crippen molar-refractivity contribution in [2.45, 2.75) is 19.3 Å². The summed E-state index contributed by atoms with van der Waals surface area (Å²) in [5.41, 5.74) is 22.7. The summed E-state index contributed by atoms with van der Waals surface area (Å²) in [7, 11) is 0. The van der Waals surface area contributed by atoms with Crippen LogP contribution < -0.4 is 0 Å². The topological polar surface area (TPSA) is 9.86 Å². The van der Waals surface area contributed by atoms with E-state index in [-0.39, 0.29) is 5.41 Å². The summed E-state index contributed by atoms with van der Waals surface area (Å²) in [5.74, 6) is 0. The van der Waals surface area contributed by atoms with E-state index in [2.05, 4.69) is 217 Å². The van der Waals surface area contributed by atoms with Crippen molar-refractivity contribution in [3.63, 3.8) is 0 Å². The van der Waals surface area contributed by atoms with E-state index in [1.54, 1.807) is 0 Å². The van der Waals surface area contributed by atoms with E-state index in [1.165, 1.54) is 122 Å². The third-order valence-corrected chi connectivity index (χ3v) is 13.5. The summed E-state index contributed by atoms with van der Waals surface area (Å²) in [5, 5.41) is 5.09. The van der Waals surface area contributed by atoms with Gasteiger partial charge in [-0.1, -0.05) is 153 Å². The van der Waals surface area contributed by atoms with Crippen molar-refractivity contribution in [3.8, 4) is 67.0 Å². The van der Waals surface area contributed by atoms with Crippen LogP contribution in [0, 0.1) is 0 Å². The van der Waals surface area contributed by atoms with E-state index in [4.69, 9.17) is 0 Å². The maximum Gasteiger partial charge on any atom is 0.0620 e. The number of rotatable bonds is 3. The fourth-order valence-electron chi connectivity index (χ4n) is 10.7. The van der Waals surface area contributed by atoms with Crippen LogP contribution in [-0.4, -0.2) is 9.13 Å². The van der Waals surface area contributed by atoms with Gasteiger partial charge in [-0.05, 0) is 110 Å². The predicted octanol–water partition coefficient (Wildman–Crippen LogP) is 15.2. The molecule has 0 saturated heterocycles. The van der Waals surface area contributed by atoms with Gasteiger partial charge < -0.3 is 9.13 Å². The van der Waals surface area contributed by atoms with Gasteiger partial charge in [0.15, 0.2) is 0 Å². The first-order valence-corrected chi connectivity index (χ1v) is 20.7. The van der Waals surface area contributed by atoms with Gasteiger partial charge >= 0.3 is 0 Å². The molecule has 2 aromatic heterocycles. The summed E-state index contributed by atoms with van der Waals surface area (Å²) < 4.78 is 4.94. The molecular formula is C57H38N2. The Bertz CT molecular complexity index is 3570. The van der Waals surface area contributed by atoms with Gasteiger partial charge in [0.1, 0.15) is 0 Å². The Labute approximate surface area is 342 Å². The van der Waals surface area contributed by atoms with Gasteiger partial charge in [-0.25, -0.2) is 0 Å². The number of para-hydroxylation sites is 3. The van der Waals surface area contributed by atoms with Crippen LogP contribution in [0.15, 0.2) is 194 Å². The molecule has 1 aliphatic heterocycles. The van der Waals surface area contributed by atoms with Crippen LogP contribution in [0.1, 0.15) is 25.0 Å². The van der Waals surface area contributed by atoms with Crippen LogP contribution in [0.25, 0.3) is 111 Å². The number of fused-ring (bicyclic) bond motifs is 14. The Hall–Kier alpha value is -7.42. The Morgan fingerprint density at radius 3 is 1.64 bits per heavy atom. The molecule has 0 saturated carbocycles. The second-order valence-electron chi connectivity index (χ2n) is 16.9. The van der Waals surface area contributed by atoms with Crippen molar-refractivity contribution in [3.05, 3.63) is 205 Å². The predicted molar refractivity (Wildman–Crippen MR) is 248 cm³/mol. The molecule has 2 aliphatic rings. The van der Waals surface area contributed by atoms with Crippen molar-refractivity contribution in [1.29, 1.82) is 0 Å². The summed E-state index contributed by atoms with van der Waals surface area (Å²) in [4.78, 5) is 0. The van der Waals surface area contributed by atoms with Gasteiger partial charge in [-0.2, -0.15) is 0 Å². The average molecular weight is 751 g/mol. The number of benzene rings is 9. The smallest absolute Gasteiger partial charge is 0.0620 e. The second-order valence-corrected chi connectivity index (χ2v) is 16.9. The van der Waals surface area contributed by atoms with Gasteiger partial charge in [0.25, 0.3) is 0 Å². The molecule has 0 fully saturated rings.